The summed E-state index contributed by atoms with van der Waals surface area (Å²) in [5.41, 5.74) is 6.91. The maximum atomic E-state index is 8.65. The van der Waals surface area contributed by atoms with E-state index >= 15 is 0 Å². The Hall–Kier alpha value is -5.08. The van der Waals surface area contributed by atoms with E-state index in [0.717, 1.165) is 60.4 Å². The van der Waals surface area contributed by atoms with Crippen LogP contribution < -0.4 is 0 Å². The van der Waals surface area contributed by atoms with E-state index in [0.29, 0.717) is 6.04 Å². The molecule has 0 aliphatic heterocycles. The lowest BCUT2D eigenvalue weighted by Crippen LogP contribution is -1.93. The smallest absolute Gasteiger partial charge is 0.0645 e. The number of hydrogen-bond acceptors (Lipinski definition) is 0. The SMILES string of the molecule is [2H]c1ccc(-n2c3ccccc3c3cc(-c4ccc5c(c4)c4ccccc4n5-c4c([2H])c([2H])c([2H])c([2H])c4[2H])ccc32)cc1. The van der Waals surface area contributed by atoms with Crippen LogP contribution in [-0.4, -0.2) is 9.13 Å². The summed E-state index contributed by atoms with van der Waals surface area (Å²) in [4.78, 5) is 0. The molecule has 8 aromatic rings. The fraction of sp³-hybridized carbons (Fsp3) is 0. The summed E-state index contributed by atoms with van der Waals surface area (Å²) in [6.07, 6.45) is 0. The molecule has 0 fully saturated rings. The predicted molar refractivity (Wildman–Crippen MR) is 161 cm³/mol. The zero-order chi connectivity index (χ0) is 30.3. The van der Waals surface area contributed by atoms with Crippen molar-refractivity contribution in [2.24, 2.45) is 0 Å². The van der Waals surface area contributed by atoms with E-state index < -0.39 is 6.04 Å². The number of nitrogens with zero attached hydrogens (tertiary/aromatic N) is 2. The lowest BCUT2D eigenvalue weighted by atomic mass is 10.0. The highest BCUT2D eigenvalue weighted by molar-refractivity contribution is 6.12. The zero-order valence-corrected chi connectivity index (χ0v) is 20.3. The third-order valence-corrected chi connectivity index (χ3v) is 7.35. The number of rotatable bonds is 3. The Balaban J connectivity index is 1.36. The second kappa shape index (κ2) is 8.22. The van der Waals surface area contributed by atoms with Crippen LogP contribution in [0.3, 0.4) is 0 Å². The van der Waals surface area contributed by atoms with Gasteiger partial charge in [0.2, 0.25) is 0 Å². The summed E-state index contributed by atoms with van der Waals surface area (Å²) in [5.74, 6) is 0. The van der Waals surface area contributed by atoms with Gasteiger partial charge in [0.25, 0.3) is 0 Å². The second-order valence-corrected chi connectivity index (χ2v) is 9.40. The van der Waals surface area contributed by atoms with Gasteiger partial charge in [-0.3, -0.25) is 0 Å². The molecule has 0 atom stereocenters. The van der Waals surface area contributed by atoms with Gasteiger partial charge in [0, 0.05) is 32.9 Å². The number of para-hydroxylation sites is 4. The van der Waals surface area contributed by atoms with Crippen LogP contribution in [0.2, 0.25) is 0 Å². The van der Waals surface area contributed by atoms with Gasteiger partial charge < -0.3 is 9.13 Å². The fourth-order valence-corrected chi connectivity index (χ4v) is 5.71. The summed E-state index contributed by atoms with van der Waals surface area (Å²) in [6, 6.07) is 35.1. The van der Waals surface area contributed by atoms with Gasteiger partial charge in [-0.2, -0.15) is 0 Å². The molecule has 38 heavy (non-hydrogen) atoms. The standard InChI is InChI=1S/C36H24N2/c1-3-11-27(12-4-1)37-33-17-9-7-15-29(33)31-23-25(19-21-35(31)37)26-20-22-36-32(24-26)30-16-8-10-18-34(30)38(36)28-13-5-2-6-14-28/h1-24H/i1D,2D,3D,4D,11D,12D. The van der Waals surface area contributed by atoms with Crippen LogP contribution in [0.25, 0.3) is 66.1 Å². The largest absolute Gasteiger partial charge is 0.309 e. The molecule has 8 rings (SSSR count). The van der Waals surface area contributed by atoms with Gasteiger partial charge in [0.15, 0.2) is 0 Å². The lowest BCUT2D eigenvalue weighted by molar-refractivity contribution is 1.18. The summed E-state index contributed by atoms with van der Waals surface area (Å²) in [7, 11) is 0. The summed E-state index contributed by atoms with van der Waals surface area (Å²) >= 11 is 0. The second-order valence-electron chi connectivity index (χ2n) is 9.40. The molecular weight excluding hydrogens is 460 g/mol. The Morgan fingerprint density at radius 1 is 0.395 bits per heavy atom. The first-order valence-electron chi connectivity index (χ1n) is 15.5. The first kappa shape index (κ1) is 15.9. The molecule has 0 spiro atoms. The molecule has 2 heteroatoms. The quantitative estimate of drug-likeness (QED) is 0.233. The van der Waals surface area contributed by atoms with Crippen molar-refractivity contribution in [3.8, 4) is 22.5 Å². The first-order valence-corrected chi connectivity index (χ1v) is 12.5. The third kappa shape index (κ3) is 3.07. The molecule has 2 heterocycles. The molecule has 2 aromatic heterocycles. The predicted octanol–water partition coefficient (Wildman–Crippen LogP) is 9.55. The molecule has 0 unspecified atom stereocenters. The Bertz CT molecular complexity index is 2430. The van der Waals surface area contributed by atoms with E-state index in [4.69, 9.17) is 8.22 Å². The molecule has 0 saturated heterocycles. The lowest BCUT2D eigenvalue weighted by Gasteiger charge is -2.09. The van der Waals surface area contributed by atoms with Gasteiger partial charge in [-0.15, -0.1) is 0 Å². The van der Waals surface area contributed by atoms with E-state index in [1.54, 1.807) is 16.7 Å². The fourth-order valence-electron chi connectivity index (χ4n) is 5.71. The van der Waals surface area contributed by atoms with Crippen molar-refractivity contribution in [2.75, 3.05) is 0 Å². The van der Waals surface area contributed by atoms with Crippen LogP contribution in [0.4, 0.5) is 0 Å². The molecule has 2 nitrogen and oxygen atoms in total. The van der Waals surface area contributed by atoms with Crippen LogP contribution in [0.5, 0.6) is 0 Å². The molecule has 0 radical (unpaired) electrons. The molecular formula is C36H24N2. The van der Waals surface area contributed by atoms with Crippen molar-refractivity contribution in [1.29, 1.82) is 0 Å². The minimum Gasteiger partial charge on any atom is -0.309 e. The number of fused-ring (bicyclic) bond motifs is 6. The van der Waals surface area contributed by atoms with Crippen molar-refractivity contribution in [3.63, 3.8) is 0 Å². The van der Waals surface area contributed by atoms with Gasteiger partial charge in [-0.05, 0) is 71.7 Å². The Labute approximate surface area is 229 Å². The minimum absolute atomic E-state index is 0.141. The van der Waals surface area contributed by atoms with Crippen molar-refractivity contribution < 1.29 is 8.22 Å². The monoisotopic (exact) mass is 490 g/mol. The highest BCUT2D eigenvalue weighted by Crippen LogP contribution is 2.38. The Morgan fingerprint density at radius 2 is 0.895 bits per heavy atom. The summed E-state index contributed by atoms with van der Waals surface area (Å²) in [6.45, 7) is 0. The van der Waals surface area contributed by atoms with Gasteiger partial charge in [-0.25, -0.2) is 0 Å². The van der Waals surface area contributed by atoms with Crippen LogP contribution in [-0.2, 0) is 0 Å². The third-order valence-electron chi connectivity index (χ3n) is 7.35. The van der Waals surface area contributed by atoms with E-state index in [9.17, 15) is 0 Å². The molecule has 0 aliphatic rings. The number of hydrogen-bond donors (Lipinski definition) is 0. The topological polar surface area (TPSA) is 9.86 Å². The van der Waals surface area contributed by atoms with Gasteiger partial charge >= 0.3 is 0 Å². The van der Waals surface area contributed by atoms with E-state index in [2.05, 4.69) is 41.0 Å². The molecule has 0 amide bonds. The average Bonchev–Trinajstić information content (AvgIpc) is 3.56. The minimum atomic E-state index is -0.406. The molecule has 0 bridgehead atoms. The number of benzene rings is 6. The molecule has 0 saturated carbocycles. The highest BCUT2D eigenvalue weighted by Gasteiger charge is 2.15. The molecule has 178 valence electrons. The van der Waals surface area contributed by atoms with E-state index in [-0.39, 0.29) is 29.9 Å². The normalized spacial score (nSPS) is 13.9. The van der Waals surface area contributed by atoms with E-state index in [1.165, 1.54) is 0 Å². The summed E-state index contributed by atoms with van der Waals surface area (Å²) in [5, 5.41) is 4.13. The van der Waals surface area contributed by atoms with Crippen molar-refractivity contribution in [1.82, 2.24) is 9.13 Å². The highest BCUT2D eigenvalue weighted by atomic mass is 15.0. The van der Waals surface area contributed by atoms with Crippen LogP contribution in [0.1, 0.15) is 8.22 Å². The maximum absolute atomic E-state index is 8.65. The first-order chi connectivity index (χ1) is 21.3. The van der Waals surface area contributed by atoms with Crippen LogP contribution in [0, 0.1) is 0 Å². The van der Waals surface area contributed by atoms with Gasteiger partial charge in [0.1, 0.15) is 0 Å². The number of aromatic nitrogens is 2. The molecule has 6 aromatic carbocycles. The summed E-state index contributed by atoms with van der Waals surface area (Å²) < 4.78 is 53.8. The maximum Gasteiger partial charge on any atom is 0.0645 e. The Kier molecular flexibility index (Phi) is 3.44. The van der Waals surface area contributed by atoms with Crippen LogP contribution >= 0.6 is 0 Å². The molecule has 0 aliphatic carbocycles. The van der Waals surface area contributed by atoms with Crippen molar-refractivity contribution >= 4 is 43.6 Å². The van der Waals surface area contributed by atoms with E-state index in [1.807, 2.05) is 60.7 Å². The average molecular weight is 491 g/mol. The van der Waals surface area contributed by atoms with Crippen molar-refractivity contribution in [3.05, 3.63) is 145 Å². The van der Waals surface area contributed by atoms with Crippen molar-refractivity contribution in [2.45, 2.75) is 0 Å². The zero-order valence-electron chi connectivity index (χ0n) is 26.3. The molecule has 0 N–H and O–H groups in total. The Morgan fingerprint density at radius 3 is 1.47 bits per heavy atom. The van der Waals surface area contributed by atoms with Crippen LogP contribution in [0.15, 0.2) is 145 Å². The van der Waals surface area contributed by atoms with Gasteiger partial charge in [-0.1, -0.05) is 84.8 Å². The van der Waals surface area contributed by atoms with Gasteiger partial charge in [0.05, 0.1) is 30.3 Å².